The predicted octanol–water partition coefficient (Wildman–Crippen LogP) is 2.05. The molecule has 1 aliphatic rings. The van der Waals surface area contributed by atoms with E-state index >= 15 is 4.39 Å². The van der Waals surface area contributed by atoms with Crippen molar-refractivity contribution in [1.29, 1.82) is 0 Å². The molecule has 0 saturated carbocycles. The predicted molar refractivity (Wildman–Crippen MR) is 94.0 cm³/mol. The topological polar surface area (TPSA) is 75.2 Å². The number of nitrogens with zero attached hydrogens (tertiary/aromatic N) is 3. The average Bonchev–Trinajstić information content (AvgIpc) is 2.67. The molecule has 0 atom stereocenters. The highest BCUT2D eigenvalue weighted by Crippen LogP contribution is 2.28. The summed E-state index contributed by atoms with van der Waals surface area (Å²) in [4.78, 5) is 34.4. The van der Waals surface area contributed by atoms with Crippen LogP contribution in [0.1, 0.15) is 34.5 Å². The maximum absolute atomic E-state index is 15.0. The minimum absolute atomic E-state index is 0.0137. The summed E-state index contributed by atoms with van der Waals surface area (Å²) in [7, 11) is 0. The number of pyridine rings is 2. The van der Waals surface area contributed by atoms with E-state index in [1.54, 1.807) is 54.7 Å². The summed E-state index contributed by atoms with van der Waals surface area (Å²) in [5, 5.41) is 2.64. The van der Waals surface area contributed by atoms with Gasteiger partial charge < -0.3 is 10.2 Å². The number of alkyl halides is 1. The number of nitrogens with one attached hydrogen (secondary N) is 1. The maximum Gasteiger partial charge on any atom is 0.258 e. The van der Waals surface area contributed by atoms with Crippen LogP contribution in [0.2, 0.25) is 0 Å². The number of aromatic nitrogens is 2. The van der Waals surface area contributed by atoms with Gasteiger partial charge in [-0.05, 0) is 36.8 Å². The molecule has 3 rings (SSSR count). The van der Waals surface area contributed by atoms with Crippen LogP contribution in [-0.4, -0.2) is 45.4 Å². The smallest absolute Gasteiger partial charge is 0.258 e. The fraction of sp³-hybridized carbons (Fsp3) is 0.368. The second-order valence-corrected chi connectivity index (χ2v) is 6.43. The van der Waals surface area contributed by atoms with Crippen molar-refractivity contribution >= 4 is 11.8 Å². The van der Waals surface area contributed by atoms with Gasteiger partial charge in [-0.25, -0.2) is 4.39 Å². The molecule has 26 heavy (non-hydrogen) atoms. The Morgan fingerprint density at radius 1 is 1.19 bits per heavy atom. The molecule has 7 heteroatoms. The van der Waals surface area contributed by atoms with Crippen molar-refractivity contribution < 1.29 is 14.0 Å². The van der Waals surface area contributed by atoms with Gasteiger partial charge in [-0.2, -0.15) is 0 Å². The summed E-state index contributed by atoms with van der Waals surface area (Å²) in [6.45, 7) is 2.42. The number of likely N-dealkylation sites (tertiary alicyclic amines) is 1. The van der Waals surface area contributed by atoms with Crippen molar-refractivity contribution in [3.05, 3.63) is 59.7 Å². The molecule has 0 spiro atoms. The van der Waals surface area contributed by atoms with E-state index in [9.17, 15) is 9.59 Å². The molecule has 0 bridgehead atoms. The third-order valence-electron chi connectivity index (χ3n) is 4.69. The average molecular weight is 356 g/mol. The Bertz CT molecular complexity index is 789. The van der Waals surface area contributed by atoms with Crippen LogP contribution in [0.15, 0.2) is 42.9 Å². The first-order chi connectivity index (χ1) is 12.5. The lowest BCUT2D eigenvalue weighted by molar-refractivity contribution is -0.135. The first-order valence-corrected chi connectivity index (χ1v) is 8.57. The molecular formula is C19H21FN4O2. The van der Waals surface area contributed by atoms with E-state index in [-0.39, 0.29) is 38.4 Å². The number of rotatable bonds is 4. The van der Waals surface area contributed by atoms with Gasteiger partial charge >= 0.3 is 0 Å². The summed E-state index contributed by atoms with van der Waals surface area (Å²) < 4.78 is 15.0. The molecule has 0 aliphatic carbocycles. The number of carbonyl (C=O) groups is 2. The zero-order chi connectivity index (χ0) is 18.6. The van der Waals surface area contributed by atoms with Gasteiger partial charge in [0.2, 0.25) is 0 Å². The third-order valence-corrected chi connectivity index (χ3v) is 4.69. The molecule has 2 amide bonds. The minimum atomic E-state index is -1.95. The van der Waals surface area contributed by atoms with Crippen LogP contribution in [0.5, 0.6) is 0 Å². The van der Waals surface area contributed by atoms with Crippen LogP contribution in [0.4, 0.5) is 4.39 Å². The highest BCUT2D eigenvalue weighted by molar-refractivity contribution is 5.95. The number of hydrogen-bond donors (Lipinski definition) is 1. The Kier molecular flexibility index (Phi) is 5.25. The number of hydrogen-bond acceptors (Lipinski definition) is 4. The summed E-state index contributed by atoms with van der Waals surface area (Å²) >= 11 is 0. The second-order valence-electron chi connectivity index (χ2n) is 6.43. The van der Waals surface area contributed by atoms with Gasteiger partial charge in [0.25, 0.3) is 11.8 Å². The van der Waals surface area contributed by atoms with Crippen molar-refractivity contribution in [2.45, 2.75) is 32.0 Å². The highest BCUT2D eigenvalue weighted by atomic mass is 19.1. The summed E-state index contributed by atoms with van der Waals surface area (Å²) in [5.41, 5.74) is 0.0654. The Balaban J connectivity index is 1.57. The molecular weight excluding hydrogens is 335 g/mol. The van der Waals surface area contributed by atoms with Crippen LogP contribution >= 0.6 is 0 Å². The summed E-state index contributed by atoms with van der Waals surface area (Å²) in [6, 6.07) is 6.95. The van der Waals surface area contributed by atoms with Crippen molar-refractivity contribution in [2.75, 3.05) is 13.1 Å². The van der Waals surface area contributed by atoms with E-state index in [0.29, 0.717) is 11.3 Å². The molecule has 1 aliphatic heterocycles. The maximum atomic E-state index is 15.0. The van der Waals surface area contributed by atoms with Crippen molar-refractivity contribution in [3.63, 3.8) is 0 Å². The normalized spacial score (nSPS) is 16.2. The van der Waals surface area contributed by atoms with Crippen LogP contribution in [-0.2, 0) is 11.3 Å². The molecule has 3 heterocycles. The van der Waals surface area contributed by atoms with Crippen LogP contribution in [0, 0.1) is 6.92 Å². The van der Waals surface area contributed by atoms with Crippen molar-refractivity contribution in [1.82, 2.24) is 20.2 Å². The Labute approximate surface area is 151 Å². The summed E-state index contributed by atoms with van der Waals surface area (Å²) in [6.07, 6.45) is 4.84. The number of halogens is 1. The molecule has 1 fully saturated rings. The Hall–Kier alpha value is -2.83. The zero-order valence-corrected chi connectivity index (χ0v) is 14.6. The van der Waals surface area contributed by atoms with Crippen molar-refractivity contribution in [2.24, 2.45) is 0 Å². The molecule has 6 nitrogen and oxygen atoms in total. The van der Waals surface area contributed by atoms with Gasteiger partial charge in [-0.1, -0.05) is 0 Å². The second kappa shape index (κ2) is 7.59. The van der Waals surface area contributed by atoms with Gasteiger partial charge in [0.05, 0.1) is 5.56 Å². The third kappa shape index (κ3) is 3.87. The van der Waals surface area contributed by atoms with Crippen LogP contribution in [0.3, 0.4) is 0 Å². The summed E-state index contributed by atoms with van der Waals surface area (Å²) in [5.74, 6) is -0.797. The molecule has 1 saturated heterocycles. The fourth-order valence-corrected chi connectivity index (χ4v) is 3.01. The van der Waals surface area contributed by atoms with E-state index in [4.69, 9.17) is 0 Å². The number of aryl methyl sites for hydroxylation is 1. The lowest BCUT2D eigenvalue weighted by Crippen LogP contribution is -2.52. The molecule has 1 N–H and O–H groups in total. The molecule has 2 aromatic rings. The first kappa shape index (κ1) is 18.0. The fourth-order valence-electron chi connectivity index (χ4n) is 3.01. The van der Waals surface area contributed by atoms with E-state index in [2.05, 4.69) is 15.3 Å². The minimum Gasteiger partial charge on any atom is -0.349 e. The van der Waals surface area contributed by atoms with E-state index in [1.165, 1.54) is 0 Å². The molecule has 0 unspecified atom stereocenters. The molecule has 136 valence electrons. The standard InChI is InChI=1S/C19H21FN4O2/c1-14-16(3-2-8-22-14)17(25)24-11-6-19(20,7-12-24)18(26)23-13-15-4-9-21-10-5-15/h2-5,8-10H,6-7,11-13H2,1H3,(H,23,26). The monoisotopic (exact) mass is 356 g/mol. The van der Waals surface area contributed by atoms with E-state index in [0.717, 1.165) is 5.56 Å². The van der Waals surface area contributed by atoms with E-state index < -0.39 is 11.6 Å². The lowest BCUT2D eigenvalue weighted by atomic mass is 9.91. The first-order valence-electron chi connectivity index (χ1n) is 8.57. The SMILES string of the molecule is Cc1ncccc1C(=O)N1CCC(F)(C(=O)NCc2ccncc2)CC1. The van der Waals surface area contributed by atoms with Gasteiger partial charge in [0.1, 0.15) is 0 Å². The Morgan fingerprint density at radius 3 is 2.54 bits per heavy atom. The highest BCUT2D eigenvalue weighted by Gasteiger charge is 2.42. The number of piperidine rings is 1. The van der Waals surface area contributed by atoms with Gasteiger partial charge in [0, 0.05) is 56.8 Å². The molecule has 0 aromatic carbocycles. The van der Waals surface area contributed by atoms with Gasteiger partial charge in [-0.15, -0.1) is 0 Å². The zero-order valence-electron chi connectivity index (χ0n) is 14.6. The lowest BCUT2D eigenvalue weighted by Gasteiger charge is -2.35. The van der Waals surface area contributed by atoms with Crippen LogP contribution < -0.4 is 5.32 Å². The van der Waals surface area contributed by atoms with Gasteiger partial charge in [-0.3, -0.25) is 19.6 Å². The van der Waals surface area contributed by atoms with Crippen LogP contribution in [0.25, 0.3) is 0 Å². The quantitative estimate of drug-likeness (QED) is 0.910. The Morgan fingerprint density at radius 2 is 1.88 bits per heavy atom. The van der Waals surface area contributed by atoms with Crippen molar-refractivity contribution in [3.8, 4) is 0 Å². The van der Waals surface area contributed by atoms with E-state index in [1.807, 2.05) is 0 Å². The molecule has 2 aromatic heterocycles. The van der Waals surface area contributed by atoms with Gasteiger partial charge in [0.15, 0.2) is 5.67 Å². The number of amides is 2. The number of carbonyl (C=O) groups excluding carboxylic acids is 2. The largest absolute Gasteiger partial charge is 0.349 e. The molecule has 0 radical (unpaired) electrons.